The fourth-order valence-corrected chi connectivity index (χ4v) is 8.87. The van der Waals surface area contributed by atoms with E-state index in [9.17, 15) is 14.4 Å². The first-order valence-electron chi connectivity index (χ1n) is 33.3. The van der Waals surface area contributed by atoms with E-state index < -0.39 is 6.10 Å². The van der Waals surface area contributed by atoms with Crippen LogP contribution in [0.25, 0.3) is 0 Å². The molecule has 0 heterocycles. The van der Waals surface area contributed by atoms with Crippen LogP contribution in [-0.2, 0) is 28.6 Å². The maximum atomic E-state index is 12.9. The summed E-state index contributed by atoms with van der Waals surface area (Å²) in [5, 5.41) is 0. The van der Waals surface area contributed by atoms with Crippen molar-refractivity contribution in [1.82, 2.24) is 0 Å². The van der Waals surface area contributed by atoms with Crippen molar-refractivity contribution in [2.75, 3.05) is 13.2 Å². The van der Waals surface area contributed by atoms with Gasteiger partial charge in [-0.3, -0.25) is 14.4 Å². The van der Waals surface area contributed by atoms with Crippen LogP contribution in [0.2, 0.25) is 0 Å². The van der Waals surface area contributed by atoms with Crippen molar-refractivity contribution in [3.05, 3.63) is 146 Å². The van der Waals surface area contributed by atoms with Crippen LogP contribution in [0.3, 0.4) is 0 Å². The largest absolute Gasteiger partial charge is 0.462 e. The Morgan fingerprint density at radius 2 is 0.481 bits per heavy atom. The van der Waals surface area contributed by atoms with E-state index in [1.54, 1.807) is 0 Å². The molecule has 81 heavy (non-hydrogen) atoms. The first-order chi connectivity index (χ1) is 40.0. The van der Waals surface area contributed by atoms with Crippen molar-refractivity contribution >= 4 is 17.9 Å². The SMILES string of the molecule is CC/C=C\C/C=C\C/C=C\C/C=C\C/C=C\C/C=C\CCCCCCCCCCC(=O)OCC(COC(=O)CCCCCCC/C=C\CCCC)OC(=O)CCCCCCCCCCC/C=C\C/C=C\C/C=C\C/C=C\C/C=C\CC. The molecule has 6 nitrogen and oxygen atoms in total. The summed E-state index contributed by atoms with van der Waals surface area (Å²) in [5.74, 6) is -0.913. The number of unbranched alkanes of at least 4 members (excludes halogenated alkanes) is 24. The maximum absolute atomic E-state index is 12.9. The van der Waals surface area contributed by atoms with E-state index in [0.29, 0.717) is 19.3 Å². The fourth-order valence-electron chi connectivity index (χ4n) is 8.87. The summed E-state index contributed by atoms with van der Waals surface area (Å²) in [5.41, 5.74) is 0. The molecular weight excluding hydrogens is 997 g/mol. The van der Waals surface area contributed by atoms with Gasteiger partial charge in [0.2, 0.25) is 0 Å². The maximum Gasteiger partial charge on any atom is 0.306 e. The standard InChI is InChI=1S/C75H122O6/c1-4-7-10-13-16-19-22-24-26-28-30-32-34-36-37-39-40-42-44-46-48-50-53-56-59-62-65-68-74(77)80-71-72(70-79-73(76)67-64-61-58-55-52-21-18-15-12-9-6-3)81-75(78)69-66-63-60-57-54-51-49-47-45-43-41-38-35-33-31-29-27-25-23-20-17-14-11-8-5-2/h7-8,10-11,15-20,24-27,30-33,36-38,40-42,72H,4-6,9,12-14,21-23,28-29,34-35,39,43-71H2,1-3H3/b10-7-,11-8-,18-15-,19-16-,20-17-,26-24-,27-25-,32-30-,33-31-,37-36-,41-38-,42-40-. The van der Waals surface area contributed by atoms with Crippen molar-refractivity contribution < 1.29 is 28.6 Å². The molecule has 0 aliphatic rings. The van der Waals surface area contributed by atoms with Gasteiger partial charge in [-0.15, -0.1) is 0 Å². The van der Waals surface area contributed by atoms with Gasteiger partial charge >= 0.3 is 17.9 Å². The predicted octanol–water partition coefficient (Wildman–Crippen LogP) is 23.1. The Bertz CT molecular complexity index is 1760. The number of esters is 3. The number of allylic oxidation sites excluding steroid dienone is 24. The van der Waals surface area contributed by atoms with E-state index in [1.807, 2.05) is 0 Å². The Kier molecular flexibility index (Phi) is 63.9. The molecule has 0 amide bonds. The second kappa shape index (κ2) is 67.8. The third-order valence-corrected chi connectivity index (χ3v) is 13.8. The lowest BCUT2D eigenvalue weighted by Gasteiger charge is -2.18. The highest BCUT2D eigenvalue weighted by Gasteiger charge is 2.19. The van der Waals surface area contributed by atoms with Crippen LogP contribution >= 0.6 is 0 Å². The number of rotatable bonds is 59. The third kappa shape index (κ3) is 66.0. The zero-order chi connectivity index (χ0) is 58.5. The molecule has 0 bridgehead atoms. The number of hydrogen-bond donors (Lipinski definition) is 0. The van der Waals surface area contributed by atoms with Crippen LogP contribution in [0.15, 0.2) is 146 Å². The van der Waals surface area contributed by atoms with Crippen LogP contribution in [0, 0.1) is 0 Å². The van der Waals surface area contributed by atoms with Crippen molar-refractivity contribution in [2.45, 2.75) is 297 Å². The molecule has 0 aromatic rings. The Balaban J connectivity index is 4.33. The van der Waals surface area contributed by atoms with Crippen LogP contribution < -0.4 is 0 Å². The minimum absolute atomic E-state index is 0.0913. The summed E-state index contributed by atoms with van der Waals surface area (Å²) in [6.45, 7) is 6.36. The molecule has 0 spiro atoms. The van der Waals surface area contributed by atoms with E-state index >= 15 is 0 Å². The predicted molar refractivity (Wildman–Crippen MR) is 352 cm³/mol. The van der Waals surface area contributed by atoms with Gasteiger partial charge in [0.1, 0.15) is 13.2 Å². The molecule has 0 saturated carbocycles. The van der Waals surface area contributed by atoms with Crippen LogP contribution in [0.4, 0.5) is 0 Å². The first kappa shape index (κ1) is 76.3. The zero-order valence-electron chi connectivity index (χ0n) is 52.5. The highest BCUT2D eigenvalue weighted by molar-refractivity contribution is 5.71. The Hall–Kier alpha value is -4.71. The van der Waals surface area contributed by atoms with Gasteiger partial charge in [-0.2, -0.15) is 0 Å². The van der Waals surface area contributed by atoms with Crippen molar-refractivity contribution in [2.24, 2.45) is 0 Å². The van der Waals surface area contributed by atoms with Gasteiger partial charge in [0.25, 0.3) is 0 Å². The number of ether oxygens (including phenoxy) is 3. The van der Waals surface area contributed by atoms with Crippen LogP contribution in [-0.4, -0.2) is 37.2 Å². The van der Waals surface area contributed by atoms with E-state index in [-0.39, 0.29) is 31.1 Å². The topological polar surface area (TPSA) is 78.9 Å². The summed E-state index contributed by atoms with van der Waals surface area (Å²) in [6, 6.07) is 0. The minimum Gasteiger partial charge on any atom is -0.462 e. The molecule has 0 fully saturated rings. The molecule has 6 heteroatoms. The lowest BCUT2D eigenvalue weighted by molar-refractivity contribution is -0.167. The van der Waals surface area contributed by atoms with Crippen LogP contribution in [0.5, 0.6) is 0 Å². The molecule has 0 saturated heterocycles. The van der Waals surface area contributed by atoms with Crippen LogP contribution in [0.1, 0.15) is 290 Å². The number of hydrogen-bond acceptors (Lipinski definition) is 6. The summed E-state index contributed by atoms with van der Waals surface area (Å²) in [4.78, 5) is 38.3. The Morgan fingerprint density at radius 1 is 0.259 bits per heavy atom. The van der Waals surface area contributed by atoms with Gasteiger partial charge in [-0.05, 0) is 135 Å². The molecule has 1 unspecified atom stereocenters. The van der Waals surface area contributed by atoms with E-state index in [1.165, 1.54) is 96.3 Å². The third-order valence-electron chi connectivity index (χ3n) is 13.8. The summed E-state index contributed by atoms with van der Waals surface area (Å²) in [7, 11) is 0. The lowest BCUT2D eigenvalue weighted by Crippen LogP contribution is -2.30. The molecule has 0 rings (SSSR count). The quantitative estimate of drug-likeness (QED) is 0.0261. The molecular formula is C75H122O6. The van der Waals surface area contributed by atoms with Crippen molar-refractivity contribution in [3.8, 4) is 0 Å². The normalized spacial score (nSPS) is 13.1. The van der Waals surface area contributed by atoms with E-state index in [4.69, 9.17) is 14.2 Å². The smallest absolute Gasteiger partial charge is 0.306 e. The van der Waals surface area contributed by atoms with Crippen molar-refractivity contribution in [1.29, 1.82) is 0 Å². The zero-order valence-corrected chi connectivity index (χ0v) is 52.5. The molecule has 0 N–H and O–H groups in total. The van der Waals surface area contributed by atoms with E-state index in [2.05, 4.69) is 167 Å². The van der Waals surface area contributed by atoms with Gasteiger partial charge in [0.15, 0.2) is 6.10 Å². The van der Waals surface area contributed by atoms with Gasteiger partial charge in [-0.25, -0.2) is 0 Å². The molecule has 0 aromatic carbocycles. The summed E-state index contributed by atoms with van der Waals surface area (Å²) < 4.78 is 16.9. The molecule has 458 valence electrons. The second-order valence-electron chi connectivity index (χ2n) is 21.6. The van der Waals surface area contributed by atoms with Gasteiger partial charge in [-0.1, -0.05) is 282 Å². The molecule has 1 atom stereocenters. The van der Waals surface area contributed by atoms with Crippen molar-refractivity contribution in [3.63, 3.8) is 0 Å². The average Bonchev–Trinajstić information content (AvgIpc) is 3.47. The highest BCUT2D eigenvalue weighted by atomic mass is 16.6. The monoisotopic (exact) mass is 1120 g/mol. The first-order valence-corrected chi connectivity index (χ1v) is 33.3. The van der Waals surface area contributed by atoms with Gasteiger partial charge in [0, 0.05) is 19.3 Å². The Morgan fingerprint density at radius 3 is 0.765 bits per heavy atom. The molecule has 0 aliphatic carbocycles. The fraction of sp³-hybridized carbons (Fsp3) is 0.640. The average molecular weight is 1120 g/mol. The van der Waals surface area contributed by atoms with Gasteiger partial charge in [0.05, 0.1) is 0 Å². The Labute approximate surface area is 499 Å². The van der Waals surface area contributed by atoms with Gasteiger partial charge < -0.3 is 14.2 Å². The molecule has 0 aliphatic heterocycles. The molecule has 0 aromatic heterocycles. The molecule has 0 radical (unpaired) electrons. The van der Waals surface area contributed by atoms with E-state index in [0.717, 1.165) is 154 Å². The summed E-state index contributed by atoms with van der Waals surface area (Å²) >= 11 is 0. The highest BCUT2D eigenvalue weighted by Crippen LogP contribution is 2.15. The minimum atomic E-state index is -0.795. The second-order valence-corrected chi connectivity index (χ2v) is 21.6. The number of carbonyl (C=O) groups excluding carboxylic acids is 3. The summed E-state index contributed by atoms with van der Waals surface area (Å²) in [6.07, 6.45) is 97.1. The number of carbonyl (C=O) groups is 3. The lowest BCUT2D eigenvalue weighted by atomic mass is 10.1.